The topological polar surface area (TPSA) is 42.3 Å². The van der Waals surface area contributed by atoms with E-state index in [2.05, 4.69) is 0 Å². The van der Waals surface area contributed by atoms with Crippen LogP contribution >= 0.6 is 11.6 Å². The molecule has 1 aliphatic carbocycles. The maximum atomic E-state index is 12.9. The summed E-state index contributed by atoms with van der Waals surface area (Å²) in [7, 11) is 0. The zero-order valence-corrected chi connectivity index (χ0v) is 14.4. The van der Waals surface area contributed by atoms with Gasteiger partial charge in [0.05, 0.1) is 5.56 Å². The second-order valence-corrected chi connectivity index (χ2v) is 7.26. The summed E-state index contributed by atoms with van der Waals surface area (Å²) in [5, 5.41) is -0.531. The highest BCUT2D eigenvalue weighted by molar-refractivity contribution is 6.30. The lowest BCUT2D eigenvalue weighted by Crippen LogP contribution is -2.42. The zero-order chi connectivity index (χ0) is 18.2. The van der Waals surface area contributed by atoms with E-state index < -0.39 is 28.9 Å². The van der Waals surface area contributed by atoms with E-state index in [1.807, 2.05) is 0 Å². The van der Waals surface area contributed by atoms with Crippen LogP contribution in [0.1, 0.15) is 44.1 Å². The van der Waals surface area contributed by atoms with Crippen LogP contribution in [0.15, 0.2) is 17.1 Å². The fourth-order valence-electron chi connectivity index (χ4n) is 4.04. The van der Waals surface area contributed by atoms with Gasteiger partial charge in [-0.25, -0.2) is 0 Å². The highest BCUT2D eigenvalue weighted by Gasteiger charge is 2.36. The molecule has 0 unspecified atom stereocenters. The van der Waals surface area contributed by atoms with Gasteiger partial charge in [0.15, 0.2) is 0 Å². The minimum Gasteiger partial charge on any atom is -0.338 e. The summed E-state index contributed by atoms with van der Waals surface area (Å²) >= 11 is 5.64. The minimum atomic E-state index is -4.62. The molecule has 1 amide bonds. The number of halogens is 4. The van der Waals surface area contributed by atoms with Crippen molar-refractivity contribution >= 4 is 17.5 Å². The number of likely N-dealkylation sites (tertiary alicyclic amines) is 1. The molecule has 0 bridgehead atoms. The normalized spacial score (nSPS) is 21.9. The molecule has 138 valence electrons. The highest BCUT2D eigenvalue weighted by Crippen LogP contribution is 2.35. The van der Waals surface area contributed by atoms with Crippen LogP contribution in [-0.2, 0) is 17.5 Å². The van der Waals surface area contributed by atoms with Crippen molar-refractivity contribution in [3.8, 4) is 0 Å². The largest absolute Gasteiger partial charge is 0.417 e. The average Bonchev–Trinajstić information content (AvgIpc) is 3.20. The lowest BCUT2D eigenvalue weighted by atomic mass is 9.96. The van der Waals surface area contributed by atoms with Gasteiger partial charge in [-0.15, -0.1) is 0 Å². The average molecular weight is 377 g/mol. The summed E-state index contributed by atoms with van der Waals surface area (Å²) < 4.78 is 39.5. The maximum Gasteiger partial charge on any atom is 0.417 e. The van der Waals surface area contributed by atoms with Gasteiger partial charge in [0.2, 0.25) is 5.91 Å². The number of alkyl halides is 3. The molecule has 0 spiro atoms. The molecular weight excluding hydrogens is 357 g/mol. The molecule has 0 aromatic carbocycles. The van der Waals surface area contributed by atoms with Crippen molar-refractivity contribution in [3.63, 3.8) is 0 Å². The van der Waals surface area contributed by atoms with Crippen molar-refractivity contribution < 1.29 is 18.0 Å². The molecule has 0 N–H and O–H groups in total. The van der Waals surface area contributed by atoms with Crippen LogP contribution in [0.5, 0.6) is 0 Å². The third-order valence-corrected chi connectivity index (χ3v) is 5.51. The van der Waals surface area contributed by atoms with Crippen molar-refractivity contribution in [3.05, 3.63) is 33.2 Å². The van der Waals surface area contributed by atoms with Gasteiger partial charge < -0.3 is 9.47 Å². The SMILES string of the molecule is O=C(Cn1cc(C(F)(F)F)cc(Cl)c1=O)N1CCC[C@@H]1C1CCCC1. The van der Waals surface area contributed by atoms with E-state index >= 15 is 0 Å². The van der Waals surface area contributed by atoms with E-state index in [4.69, 9.17) is 11.6 Å². The Kier molecular flexibility index (Phi) is 5.14. The molecule has 1 atom stereocenters. The number of nitrogens with zero attached hydrogens (tertiary/aromatic N) is 2. The van der Waals surface area contributed by atoms with E-state index in [-0.39, 0.29) is 11.9 Å². The zero-order valence-electron chi connectivity index (χ0n) is 13.7. The first kappa shape index (κ1) is 18.3. The predicted molar refractivity (Wildman–Crippen MR) is 87.4 cm³/mol. The molecule has 1 saturated carbocycles. The van der Waals surface area contributed by atoms with Gasteiger partial charge in [0, 0.05) is 18.8 Å². The number of aromatic nitrogens is 1. The molecule has 25 heavy (non-hydrogen) atoms. The number of rotatable bonds is 3. The summed E-state index contributed by atoms with van der Waals surface area (Å²) in [6.45, 7) is 0.188. The van der Waals surface area contributed by atoms with Gasteiger partial charge in [-0.2, -0.15) is 13.2 Å². The van der Waals surface area contributed by atoms with E-state index in [1.54, 1.807) is 4.90 Å². The summed E-state index contributed by atoms with van der Waals surface area (Å²) in [5.74, 6) is 0.153. The molecule has 1 aliphatic heterocycles. The fraction of sp³-hybridized carbons (Fsp3) is 0.647. The minimum absolute atomic E-state index is 0.145. The molecule has 4 nitrogen and oxygen atoms in total. The number of carbonyl (C=O) groups excluding carboxylic acids is 1. The fourth-order valence-corrected chi connectivity index (χ4v) is 4.27. The van der Waals surface area contributed by atoms with Crippen LogP contribution in [0.3, 0.4) is 0 Å². The molecule has 2 aliphatic rings. The highest BCUT2D eigenvalue weighted by atomic mass is 35.5. The molecule has 1 aromatic rings. The van der Waals surface area contributed by atoms with Crippen LogP contribution in [0.4, 0.5) is 13.2 Å². The van der Waals surface area contributed by atoms with E-state index in [0.717, 1.165) is 43.1 Å². The van der Waals surface area contributed by atoms with E-state index in [1.165, 1.54) is 0 Å². The van der Waals surface area contributed by atoms with E-state index in [0.29, 0.717) is 24.7 Å². The Bertz CT molecular complexity index is 711. The number of hydrogen-bond donors (Lipinski definition) is 0. The molecule has 2 heterocycles. The predicted octanol–water partition coefficient (Wildman–Crippen LogP) is 3.70. The molecular formula is C17H20ClF3N2O2. The molecule has 2 fully saturated rings. The Morgan fingerprint density at radius 2 is 1.88 bits per heavy atom. The van der Waals surface area contributed by atoms with Crippen LogP contribution in [0, 0.1) is 5.92 Å². The van der Waals surface area contributed by atoms with Crippen molar-refractivity contribution in [2.75, 3.05) is 6.54 Å². The second-order valence-electron chi connectivity index (χ2n) is 6.85. The lowest BCUT2D eigenvalue weighted by molar-refractivity contribution is -0.139. The first-order chi connectivity index (χ1) is 11.8. The van der Waals surface area contributed by atoms with Crippen molar-refractivity contribution in [1.29, 1.82) is 0 Å². The molecule has 0 radical (unpaired) electrons. The lowest BCUT2D eigenvalue weighted by Gasteiger charge is -2.29. The molecule has 8 heteroatoms. The van der Waals surface area contributed by atoms with Crippen LogP contribution < -0.4 is 5.56 Å². The Morgan fingerprint density at radius 1 is 1.20 bits per heavy atom. The summed E-state index contributed by atoms with van der Waals surface area (Å²) in [6.07, 6.45) is 2.36. The summed E-state index contributed by atoms with van der Waals surface area (Å²) in [5.41, 5.74) is -1.81. The van der Waals surface area contributed by atoms with Gasteiger partial charge in [0.25, 0.3) is 5.56 Å². The number of carbonyl (C=O) groups is 1. The van der Waals surface area contributed by atoms with Gasteiger partial charge in [-0.1, -0.05) is 24.4 Å². The quantitative estimate of drug-likeness (QED) is 0.807. The monoisotopic (exact) mass is 376 g/mol. The third kappa shape index (κ3) is 3.86. The number of amides is 1. The number of pyridine rings is 1. The Hall–Kier alpha value is -1.50. The van der Waals surface area contributed by atoms with Crippen molar-refractivity contribution in [2.45, 2.75) is 57.3 Å². The van der Waals surface area contributed by atoms with Gasteiger partial charge in [0.1, 0.15) is 11.6 Å². The van der Waals surface area contributed by atoms with E-state index in [9.17, 15) is 22.8 Å². The number of hydrogen-bond acceptors (Lipinski definition) is 2. The summed E-state index contributed by atoms with van der Waals surface area (Å²) in [4.78, 5) is 26.4. The molecule has 3 rings (SSSR count). The molecule has 1 saturated heterocycles. The Morgan fingerprint density at radius 3 is 2.52 bits per heavy atom. The first-order valence-corrected chi connectivity index (χ1v) is 8.92. The van der Waals surface area contributed by atoms with Crippen LogP contribution in [-0.4, -0.2) is 28.0 Å². The van der Waals surface area contributed by atoms with Crippen LogP contribution in [0.25, 0.3) is 0 Å². The van der Waals surface area contributed by atoms with Crippen molar-refractivity contribution in [2.24, 2.45) is 5.92 Å². The molecule has 1 aromatic heterocycles. The summed E-state index contributed by atoms with van der Waals surface area (Å²) in [6, 6.07) is 0.745. The standard InChI is InChI=1S/C17H20ClF3N2O2/c18-13-8-12(17(19,20)21)9-22(16(13)25)10-15(24)23-7-3-6-14(23)11-4-1-2-5-11/h8-9,11,14H,1-7,10H2/t14-/m1/s1. The second kappa shape index (κ2) is 7.02. The Labute approximate surface area is 148 Å². The van der Waals surface area contributed by atoms with Gasteiger partial charge in [-0.05, 0) is 37.7 Å². The first-order valence-electron chi connectivity index (χ1n) is 8.54. The van der Waals surface area contributed by atoms with Gasteiger partial charge >= 0.3 is 6.18 Å². The smallest absolute Gasteiger partial charge is 0.338 e. The van der Waals surface area contributed by atoms with Gasteiger partial charge in [-0.3, -0.25) is 9.59 Å². The maximum absolute atomic E-state index is 12.9. The van der Waals surface area contributed by atoms with Crippen LogP contribution in [0.2, 0.25) is 5.02 Å². The van der Waals surface area contributed by atoms with Crippen molar-refractivity contribution in [1.82, 2.24) is 9.47 Å². The Balaban J connectivity index is 1.80. The third-order valence-electron chi connectivity index (χ3n) is 5.24.